The van der Waals surface area contributed by atoms with Crippen molar-refractivity contribution in [3.8, 4) is 0 Å². The van der Waals surface area contributed by atoms with Gasteiger partial charge in [-0.1, -0.05) is 0 Å². The molecule has 3 rings (SSSR count). The van der Waals surface area contributed by atoms with Gasteiger partial charge in [0.15, 0.2) is 6.10 Å². The molecule has 2 aliphatic rings. The van der Waals surface area contributed by atoms with E-state index in [2.05, 4.69) is 10.3 Å². The lowest BCUT2D eigenvalue weighted by Crippen LogP contribution is -2.55. The molecule has 1 aromatic heterocycles. The standard InChI is InChI=1S/C17H23F3N4O3/c1-11(2)22-14(26)12-10-24-8-5-21-15(24)16(27-12)3-6-23(7-4-16)13(25)9-17(18,19)20/h5,8,11-12H,3-4,6-7,9-10H2,1-2H3,(H,22,26)/t12-/m1/s1. The van der Waals surface area contributed by atoms with E-state index in [0.29, 0.717) is 25.2 Å². The number of nitrogens with zero attached hydrogens (tertiary/aromatic N) is 3. The number of carbonyl (C=O) groups excluding carboxylic acids is 2. The SMILES string of the molecule is CC(C)NC(=O)[C@H]1Cn2ccnc2C2(CCN(C(=O)CC(F)(F)F)CC2)O1. The number of aromatic nitrogens is 2. The summed E-state index contributed by atoms with van der Waals surface area (Å²) in [5.74, 6) is -0.524. The van der Waals surface area contributed by atoms with Crippen LogP contribution in [-0.2, 0) is 26.5 Å². The summed E-state index contributed by atoms with van der Waals surface area (Å²) in [6.45, 7) is 4.28. The van der Waals surface area contributed by atoms with Crippen LogP contribution in [0.5, 0.6) is 0 Å². The van der Waals surface area contributed by atoms with Gasteiger partial charge in [-0.25, -0.2) is 4.98 Å². The largest absolute Gasteiger partial charge is 0.397 e. The van der Waals surface area contributed by atoms with Crippen molar-refractivity contribution in [2.45, 2.75) is 63.6 Å². The molecule has 7 nitrogen and oxygen atoms in total. The zero-order valence-electron chi connectivity index (χ0n) is 15.3. The summed E-state index contributed by atoms with van der Waals surface area (Å²) in [6, 6.07) is -0.0388. The number of carbonyl (C=O) groups is 2. The molecule has 1 atom stereocenters. The molecule has 0 unspecified atom stereocenters. The highest BCUT2D eigenvalue weighted by Crippen LogP contribution is 2.40. The molecular formula is C17H23F3N4O3. The zero-order valence-corrected chi connectivity index (χ0v) is 15.3. The third kappa shape index (κ3) is 4.26. The predicted octanol–water partition coefficient (Wildman–Crippen LogP) is 1.58. The molecular weight excluding hydrogens is 365 g/mol. The van der Waals surface area contributed by atoms with Gasteiger partial charge in [0, 0.05) is 44.4 Å². The number of hydrogen-bond donors (Lipinski definition) is 1. The molecule has 2 aliphatic heterocycles. The molecule has 0 aromatic carbocycles. The number of rotatable bonds is 3. The number of ether oxygens (including phenoxy) is 1. The maximum absolute atomic E-state index is 12.5. The molecule has 150 valence electrons. The molecule has 0 aliphatic carbocycles. The first-order chi connectivity index (χ1) is 12.6. The lowest BCUT2D eigenvalue weighted by atomic mass is 9.88. The summed E-state index contributed by atoms with van der Waals surface area (Å²) in [5.41, 5.74) is -0.879. The fourth-order valence-electron chi connectivity index (χ4n) is 3.65. The van der Waals surface area contributed by atoms with Crippen molar-refractivity contribution in [1.82, 2.24) is 19.8 Å². The first-order valence-corrected chi connectivity index (χ1v) is 8.94. The maximum Gasteiger partial charge on any atom is 0.397 e. The number of hydrogen-bond acceptors (Lipinski definition) is 4. The minimum atomic E-state index is -4.52. The number of piperidine rings is 1. The molecule has 1 spiro atoms. The Morgan fingerprint density at radius 2 is 2.04 bits per heavy atom. The lowest BCUT2D eigenvalue weighted by Gasteiger charge is -2.45. The third-order valence-corrected chi connectivity index (χ3v) is 4.85. The second kappa shape index (κ2) is 7.14. The summed E-state index contributed by atoms with van der Waals surface area (Å²) < 4.78 is 45.4. The van der Waals surface area contributed by atoms with E-state index in [4.69, 9.17) is 4.74 Å². The minimum Gasteiger partial charge on any atom is -0.352 e. The van der Waals surface area contributed by atoms with Gasteiger partial charge in [-0.15, -0.1) is 0 Å². The van der Waals surface area contributed by atoms with Crippen LogP contribution in [0.4, 0.5) is 13.2 Å². The maximum atomic E-state index is 12.5. The Bertz CT molecular complexity index is 709. The van der Waals surface area contributed by atoms with Crippen molar-refractivity contribution in [2.24, 2.45) is 0 Å². The Morgan fingerprint density at radius 3 is 2.63 bits per heavy atom. The van der Waals surface area contributed by atoms with E-state index >= 15 is 0 Å². The molecule has 0 bridgehead atoms. The van der Waals surface area contributed by atoms with E-state index in [1.807, 2.05) is 18.4 Å². The molecule has 27 heavy (non-hydrogen) atoms. The van der Waals surface area contributed by atoms with E-state index in [1.54, 1.807) is 12.4 Å². The van der Waals surface area contributed by atoms with Crippen molar-refractivity contribution in [1.29, 1.82) is 0 Å². The lowest BCUT2D eigenvalue weighted by molar-refractivity contribution is -0.181. The quantitative estimate of drug-likeness (QED) is 0.853. The fraction of sp³-hybridized carbons (Fsp3) is 0.706. The van der Waals surface area contributed by atoms with Gasteiger partial charge in [-0.05, 0) is 13.8 Å². The highest BCUT2D eigenvalue weighted by molar-refractivity contribution is 5.81. The van der Waals surface area contributed by atoms with Gasteiger partial charge in [0.1, 0.15) is 17.8 Å². The number of nitrogens with one attached hydrogen (secondary N) is 1. The summed E-state index contributed by atoms with van der Waals surface area (Å²) >= 11 is 0. The topological polar surface area (TPSA) is 76.5 Å². The Labute approximate surface area is 154 Å². The first-order valence-electron chi connectivity index (χ1n) is 8.94. The number of likely N-dealkylation sites (tertiary alicyclic amines) is 1. The number of imidazole rings is 1. The van der Waals surface area contributed by atoms with E-state index < -0.39 is 30.2 Å². The van der Waals surface area contributed by atoms with Gasteiger partial charge in [0.2, 0.25) is 5.91 Å². The first kappa shape index (κ1) is 19.7. The molecule has 1 aromatic rings. The highest BCUT2D eigenvalue weighted by atomic mass is 19.4. The van der Waals surface area contributed by atoms with Crippen molar-refractivity contribution in [3.63, 3.8) is 0 Å². The molecule has 0 saturated carbocycles. The smallest absolute Gasteiger partial charge is 0.352 e. The Balaban J connectivity index is 1.74. The van der Waals surface area contributed by atoms with Gasteiger partial charge in [-0.3, -0.25) is 9.59 Å². The second-order valence-electron chi connectivity index (χ2n) is 7.34. The molecule has 3 heterocycles. The van der Waals surface area contributed by atoms with Crippen LogP contribution in [0.2, 0.25) is 0 Å². The minimum absolute atomic E-state index is 0.0388. The van der Waals surface area contributed by atoms with Gasteiger partial charge in [-0.2, -0.15) is 13.2 Å². The fourth-order valence-corrected chi connectivity index (χ4v) is 3.65. The molecule has 1 saturated heterocycles. The molecule has 2 amide bonds. The van der Waals surface area contributed by atoms with Gasteiger partial charge in [0.25, 0.3) is 5.91 Å². The van der Waals surface area contributed by atoms with Crippen LogP contribution in [0.25, 0.3) is 0 Å². The molecule has 1 fully saturated rings. The van der Waals surface area contributed by atoms with E-state index in [-0.39, 0.29) is 25.0 Å². The number of fused-ring (bicyclic) bond motifs is 2. The summed E-state index contributed by atoms with van der Waals surface area (Å²) in [4.78, 5) is 29.8. The van der Waals surface area contributed by atoms with E-state index in [9.17, 15) is 22.8 Å². The average molecular weight is 388 g/mol. The molecule has 1 N–H and O–H groups in total. The van der Waals surface area contributed by atoms with Crippen LogP contribution in [0.1, 0.15) is 38.9 Å². The molecule has 10 heteroatoms. The monoisotopic (exact) mass is 388 g/mol. The molecule has 0 radical (unpaired) electrons. The number of alkyl halides is 3. The third-order valence-electron chi connectivity index (χ3n) is 4.85. The number of halogens is 3. The van der Waals surface area contributed by atoms with Crippen molar-refractivity contribution < 1.29 is 27.5 Å². The van der Waals surface area contributed by atoms with Gasteiger partial charge < -0.3 is 19.5 Å². The van der Waals surface area contributed by atoms with Gasteiger partial charge >= 0.3 is 6.18 Å². The van der Waals surface area contributed by atoms with Crippen LogP contribution < -0.4 is 5.32 Å². The Kier molecular flexibility index (Phi) is 5.20. The van der Waals surface area contributed by atoms with Crippen molar-refractivity contribution >= 4 is 11.8 Å². The van der Waals surface area contributed by atoms with Crippen LogP contribution in [0, 0.1) is 0 Å². The Hall–Kier alpha value is -2.10. The predicted molar refractivity (Wildman–Crippen MR) is 88.5 cm³/mol. The zero-order chi connectivity index (χ0) is 19.8. The van der Waals surface area contributed by atoms with E-state index in [1.165, 1.54) is 4.90 Å². The summed E-state index contributed by atoms with van der Waals surface area (Å²) in [7, 11) is 0. The summed E-state index contributed by atoms with van der Waals surface area (Å²) in [5, 5.41) is 2.82. The second-order valence-corrected chi connectivity index (χ2v) is 7.34. The van der Waals surface area contributed by atoms with Crippen molar-refractivity contribution in [2.75, 3.05) is 13.1 Å². The number of amides is 2. The van der Waals surface area contributed by atoms with E-state index in [0.717, 1.165) is 0 Å². The average Bonchev–Trinajstić information content (AvgIpc) is 3.02. The summed E-state index contributed by atoms with van der Waals surface area (Å²) in [6.07, 6.45) is -2.75. The Morgan fingerprint density at radius 1 is 1.37 bits per heavy atom. The highest BCUT2D eigenvalue weighted by Gasteiger charge is 2.48. The van der Waals surface area contributed by atoms with Crippen LogP contribution >= 0.6 is 0 Å². The normalized spacial score (nSPS) is 22.0. The van der Waals surface area contributed by atoms with Gasteiger partial charge in [0.05, 0.1) is 6.54 Å². The van der Waals surface area contributed by atoms with Crippen molar-refractivity contribution in [3.05, 3.63) is 18.2 Å². The van der Waals surface area contributed by atoms with Crippen LogP contribution in [0.15, 0.2) is 12.4 Å². The van der Waals surface area contributed by atoms with Crippen LogP contribution in [0.3, 0.4) is 0 Å². The van der Waals surface area contributed by atoms with Crippen LogP contribution in [-0.4, -0.2) is 57.7 Å².